The Bertz CT molecular complexity index is 353. The fourth-order valence-corrected chi connectivity index (χ4v) is 1.15. The van der Waals surface area contributed by atoms with Crippen molar-refractivity contribution >= 4 is 18.3 Å². The van der Waals surface area contributed by atoms with Crippen molar-refractivity contribution in [1.82, 2.24) is 9.38 Å². The Balaban J connectivity index is 2.93. The zero-order valence-corrected chi connectivity index (χ0v) is 6.12. The Kier molecular flexibility index (Phi) is 1.17. The Labute approximate surface area is 63.9 Å². The van der Waals surface area contributed by atoms with Crippen molar-refractivity contribution in [2.45, 2.75) is 5.03 Å². The number of hydrogen-bond donors (Lipinski definition) is 1. The summed E-state index contributed by atoms with van der Waals surface area (Å²) in [5.74, 6) is 0. The predicted molar refractivity (Wildman–Crippen MR) is 42.4 cm³/mol. The molecule has 2 aromatic rings. The van der Waals surface area contributed by atoms with Gasteiger partial charge in [0, 0.05) is 6.20 Å². The first kappa shape index (κ1) is 5.80. The van der Waals surface area contributed by atoms with Crippen molar-refractivity contribution in [2.75, 3.05) is 0 Å². The third-order valence-corrected chi connectivity index (χ3v) is 1.73. The number of thiol groups is 1. The minimum atomic E-state index is 0.871. The first-order valence-corrected chi connectivity index (χ1v) is 3.44. The number of pyridine rings is 1. The summed E-state index contributed by atoms with van der Waals surface area (Å²) in [7, 11) is 0. The standard InChI is InChI=1S/C7H6N2S/c10-7-5-8-6-3-1-2-4-9(6)7/h1-5,10H. The van der Waals surface area contributed by atoms with E-state index in [1.807, 2.05) is 28.8 Å². The van der Waals surface area contributed by atoms with Gasteiger partial charge in [0.1, 0.15) is 5.65 Å². The molecule has 3 heteroatoms. The summed E-state index contributed by atoms with van der Waals surface area (Å²) >= 11 is 4.20. The van der Waals surface area contributed by atoms with Crippen molar-refractivity contribution in [3.05, 3.63) is 30.6 Å². The van der Waals surface area contributed by atoms with Crippen molar-refractivity contribution < 1.29 is 0 Å². The second-order valence-corrected chi connectivity index (χ2v) is 2.50. The first-order valence-electron chi connectivity index (χ1n) is 2.99. The van der Waals surface area contributed by atoms with Crippen LogP contribution in [0.3, 0.4) is 0 Å². The Morgan fingerprint density at radius 2 is 2.30 bits per heavy atom. The predicted octanol–water partition coefficient (Wildman–Crippen LogP) is 1.62. The highest BCUT2D eigenvalue weighted by Gasteiger charge is 1.94. The summed E-state index contributed by atoms with van der Waals surface area (Å²) in [6.45, 7) is 0. The molecule has 0 saturated carbocycles. The molecule has 2 rings (SSSR count). The molecule has 0 spiro atoms. The molecular formula is C7H6N2S. The monoisotopic (exact) mass is 150 g/mol. The van der Waals surface area contributed by atoms with E-state index in [9.17, 15) is 0 Å². The van der Waals surface area contributed by atoms with Crippen molar-refractivity contribution in [3.8, 4) is 0 Å². The van der Waals surface area contributed by atoms with Crippen LogP contribution in [0.15, 0.2) is 35.6 Å². The lowest BCUT2D eigenvalue weighted by atomic mass is 10.5. The summed E-state index contributed by atoms with van der Waals surface area (Å²) < 4.78 is 1.92. The molecule has 0 unspecified atom stereocenters. The fourth-order valence-electron chi connectivity index (χ4n) is 0.919. The van der Waals surface area contributed by atoms with Gasteiger partial charge in [-0.05, 0) is 12.1 Å². The van der Waals surface area contributed by atoms with Crippen LogP contribution in [0.25, 0.3) is 5.65 Å². The van der Waals surface area contributed by atoms with Gasteiger partial charge in [-0.2, -0.15) is 0 Å². The molecule has 2 nitrogen and oxygen atoms in total. The molecule has 0 N–H and O–H groups in total. The molecule has 0 aliphatic heterocycles. The molecule has 0 aliphatic carbocycles. The lowest BCUT2D eigenvalue weighted by Gasteiger charge is -1.90. The van der Waals surface area contributed by atoms with E-state index in [1.165, 1.54) is 0 Å². The summed E-state index contributed by atoms with van der Waals surface area (Å²) in [4.78, 5) is 4.10. The largest absolute Gasteiger partial charge is 0.295 e. The number of nitrogens with zero attached hydrogens (tertiary/aromatic N) is 2. The van der Waals surface area contributed by atoms with E-state index in [2.05, 4.69) is 17.6 Å². The van der Waals surface area contributed by atoms with E-state index >= 15 is 0 Å². The van der Waals surface area contributed by atoms with Crippen LogP contribution in [0.1, 0.15) is 0 Å². The van der Waals surface area contributed by atoms with Gasteiger partial charge >= 0.3 is 0 Å². The maximum Gasteiger partial charge on any atom is 0.137 e. The van der Waals surface area contributed by atoms with Crippen LogP contribution in [-0.4, -0.2) is 9.38 Å². The number of hydrogen-bond acceptors (Lipinski definition) is 2. The highest BCUT2D eigenvalue weighted by atomic mass is 32.1. The third kappa shape index (κ3) is 0.708. The van der Waals surface area contributed by atoms with Gasteiger partial charge in [0.25, 0.3) is 0 Å². The molecule has 2 aromatic heterocycles. The van der Waals surface area contributed by atoms with E-state index in [0.29, 0.717) is 0 Å². The molecule has 2 heterocycles. The lowest BCUT2D eigenvalue weighted by molar-refractivity contribution is 1.06. The molecule has 0 aliphatic rings. The zero-order chi connectivity index (χ0) is 6.97. The highest BCUT2D eigenvalue weighted by molar-refractivity contribution is 7.80. The maximum absolute atomic E-state index is 4.20. The Morgan fingerprint density at radius 3 is 3.10 bits per heavy atom. The number of fused-ring (bicyclic) bond motifs is 1. The van der Waals surface area contributed by atoms with Gasteiger partial charge in [-0.15, -0.1) is 12.6 Å². The Morgan fingerprint density at radius 1 is 1.40 bits per heavy atom. The molecule has 0 amide bonds. The van der Waals surface area contributed by atoms with Gasteiger partial charge in [-0.25, -0.2) is 4.98 Å². The van der Waals surface area contributed by atoms with Gasteiger partial charge in [0.2, 0.25) is 0 Å². The van der Waals surface area contributed by atoms with Gasteiger partial charge in [0.15, 0.2) is 0 Å². The third-order valence-electron chi connectivity index (χ3n) is 1.40. The maximum atomic E-state index is 4.20. The molecule has 0 bridgehead atoms. The molecule has 50 valence electrons. The lowest BCUT2D eigenvalue weighted by Crippen LogP contribution is -1.80. The van der Waals surface area contributed by atoms with Crippen LogP contribution in [0.2, 0.25) is 0 Å². The minimum absolute atomic E-state index is 0.871. The SMILES string of the molecule is Sc1cnc2ccccn12. The van der Waals surface area contributed by atoms with Gasteiger partial charge in [-0.1, -0.05) is 6.07 Å². The topological polar surface area (TPSA) is 17.3 Å². The van der Waals surface area contributed by atoms with E-state index in [0.717, 1.165) is 10.7 Å². The van der Waals surface area contributed by atoms with Crippen LogP contribution in [0, 0.1) is 0 Å². The summed E-state index contributed by atoms with van der Waals surface area (Å²) in [6, 6.07) is 5.85. The molecule has 0 saturated heterocycles. The number of rotatable bonds is 0. The molecule has 0 aromatic carbocycles. The van der Waals surface area contributed by atoms with Crippen LogP contribution in [0.5, 0.6) is 0 Å². The second kappa shape index (κ2) is 2.02. The van der Waals surface area contributed by atoms with Gasteiger partial charge < -0.3 is 0 Å². The van der Waals surface area contributed by atoms with E-state index in [4.69, 9.17) is 0 Å². The first-order chi connectivity index (χ1) is 4.88. The molecule has 10 heavy (non-hydrogen) atoms. The normalized spacial score (nSPS) is 10.5. The Hall–Kier alpha value is -0.960. The van der Waals surface area contributed by atoms with Gasteiger partial charge in [-0.3, -0.25) is 4.40 Å². The van der Waals surface area contributed by atoms with Crippen LogP contribution in [-0.2, 0) is 0 Å². The molecule has 0 radical (unpaired) electrons. The quantitative estimate of drug-likeness (QED) is 0.565. The molecule has 0 atom stereocenters. The van der Waals surface area contributed by atoms with Gasteiger partial charge in [0.05, 0.1) is 11.2 Å². The zero-order valence-electron chi connectivity index (χ0n) is 5.23. The number of aromatic nitrogens is 2. The van der Waals surface area contributed by atoms with Crippen LogP contribution < -0.4 is 0 Å². The average molecular weight is 150 g/mol. The van der Waals surface area contributed by atoms with E-state index < -0.39 is 0 Å². The smallest absolute Gasteiger partial charge is 0.137 e. The summed E-state index contributed by atoms with van der Waals surface area (Å²) in [5, 5.41) is 0.871. The molecular weight excluding hydrogens is 144 g/mol. The minimum Gasteiger partial charge on any atom is -0.295 e. The second-order valence-electron chi connectivity index (χ2n) is 2.05. The fraction of sp³-hybridized carbons (Fsp3) is 0. The van der Waals surface area contributed by atoms with E-state index in [1.54, 1.807) is 6.20 Å². The highest BCUT2D eigenvalue weighted by Crippen LogP contribution is 2.08. The van der Waals surface area contributed by atoms with E-state index in [-0.39, 0.29) is 0 Å². The van der Waals surface area contributed by atoms with Crippen molar-refractivity contribution in [1.29, 1.82) is 0 Å². The van der Waals surface area contributed by atoms with Crippen LogP contribution in [0.4, 0.5) is 0 Å². The summed E-state index contributed by atoms with van der Waals surface area (Å²) in [6.07, 6.45) is 3.67. The molecule has 0 fully saturated rings. The summed E-state index contributed by atoms with van der Waals surface area (Å²) in [5.41, 5.74) is 0.938. The average Bonchev–Trinajstić information content (AvgIpc) is 2.34. The van der Waals surface area contributed by atoms with Crippen molar-refractivity contribution in [3.63, 3.8) is 0 Å². The van der Waals surface area contributed by atoms with Crippen molar-refractivity contribution in [2.24, 2.45) is 0 Å². The number of imidazole rings is 1. The van der Waals surface area contributed by atoms with Crippen LogP contribution >= 0.6 is 12.6 Å².